The van der Waals surface area contributed by atoms with Crippen molar-refractivity contribution in [2.45, 2.75) is 52.1 Å². The average Bonchev–Trinajstić information content (AvgIpc) is 2.85. The summed E-state index contributed by atoms with van der Waals surface area (Å²) in [7, 11) is 2.15. The highest BCUT2D eigenvalue weighted by Gasteiger charge is 2.34. The minimum atomic E-state index is -0.141. The van der Waals surface area contributed by atoms with Crippen LogP contribution in [0.2, 0.25) is 0 Å². The molecule has 1 aliphatic carbocycles. The summed E-state index contributed by atoms with van der Waals surface area (Å²) in [6.07, 6.45) is 5.29. The first-order valence-electron chi connectivity index (χ1n) is 8.15. The molecule has 118 valence electrons. The lowest BCUT2D eigenvalue weighted by atomic mass is 9.85. The van der Waals surface area contributed by atoms with Crippen molar-refractivity contribution in [1.29, 1.82) is 0 Å². The molecule has 0 saturated heterocycles. The Morgan fingerprint density at radius 1 is 1.29 bits per heavy atom. The van der Waals surface area contributed by atoms with Crippen LogP contribution in [-0.4, -0.2) is 31.1 Å². The minimum absolute atomic E-state index is 0.141. The van der Waals surface area contributed by atoms with Gasteiger partial charge in [0.05, 0.1) is 0 Å². The lowest BCUT2D eigenvalue weighted by molar-refractivity contribution is 0.164. The van der Waals surface area contributed by atoms with Crippen molar-refractivity contribution in [3.63, 3.8) is 0 Å². The van der Waals surface area contributed by atoms with Gasteiger partial charge in [-0.15, -0.1) is 0 Å². The molecule has 0 bridgehead atoms. The summed E-state index contributed by atoms with van der Waals surface area (Å²) in [5.74, 6) is -0.141. The highest BCUT2D eigenvalue weighted by atomic mass is 19.1. The number of halogens is 1. The van der Waals surface area contributed by atoms with Crippen molar-refractivity contribution in [2.24, 2.45) is 5.41 Å². The largest absolute Gasteiger partial charge is 0.314 e. The molecule has 1 N–H and O–H groups in total. The molecule has 2 rings (SSSR count). The van der Waals surface area contributed by atoms with E-state index in [2.05, 4.69) is 31.1 Å². The van der Waals surface area contributed by atoms with Gasteiger partial charge in [0.1, 0.15) is 5.82 Å². The maximum atomic E-state index is 13.3. The van der Waals surface area contributed by atoms with Crippen molar-refractivity contribution in [3.8, 4) is 0 Å². The SMILES string of the molecule is CC(C)NCC1(CN(C)Cc2cccc(F)c2)CCCC1. The van der Waals surface area contributed by atoms with Crippen molar-refractivity contribution >= 4 is 0 Å². The van der Waals surface area contributed by atoms with Gasteiger partial charge >= 0.3 is 0 Å². The van der Waals surface area contributed by atoms with Gasteiger partial charge in [0.15, 0.2) is 0 Å². The van der Waals surface area contributed by atoms with Gasteiger partial charge in [-0.25, -0.2) is 4.39 Å². The van der Waals surface area contributed by atoms with E-state index in [4.69, 9.17) is 0 Å². The minimum Gasteiger partial charge on any atom is -0.314 e. The van der Waals surface area contributed by atoms with Crippen molar-refractivity contribution in [3.05, 3.63) is 35.6 Å². The van der Waals surface area contributed by atoms with Crippen molar-refractivity contribution in [2.75, 3.05) is 20.1 Å². The Kier molecular flexibility index (Phi) is 5.77. The van der Waals surface area contributed by atoms with Gasteiger partial charge in [-0.2, -0.15) is 0 Å². The summed E-state index contributed by atoms with van der Waals surface area (Å²) in [6.45, 7) is 7.42. The third-order valence-electron chi connectivity index (χ3n) is 4.50. The van der Waals surface area contributed by atoms with Crippen LogP contribution in [0.3, 0.4) is 0 Å². The molecule has 1 fully saturated rings. The Morgan fingerprint density at radius 3 is 2.62 bits per heavy atom. The van der Waals surface area contributed by atoms with E-state index in [1.807, 2.05) is 6.07 Å². The van der Waals surface area contributed by atoms with Crippen LogP contribution in [0.4, 0.5) is 4.39 Å². The van der Waals surface area contributed by atoms with Gasteiger partial charge in [-0.3, -0.25) is 0 Å². The van der Waals surface area contributed by atoms with Gasteiger partial charge < -0.3 is 10.2 Å². The zero-order valence-corrected chi connectivity index (χ0v) is 13.7. The molecule has 1 aliphatic rings. The fourth-order valence-electron chi connectivity index (χ4n) is 3.51. The second-order valence-electron chi connectivity index (χ2n) is 7.04. The first-order chi connectivity index (χ1) is 9.99. The molecule has 0 unspecified atom stereocenters. The van der Waals surface area contributed by atoms with Crippen LogP contribution >= 0.6 is 0 Å². The molecule has 2 nitrogen and oxygen atoms in total. The molecule has 21 heavy (non-hydrogen) atoms. The summed E-state index contributed by atoms with van der Waals surface area (Å²) in [6, 6.07) is 7.49. The Labute approximate surface area is 128 Å². The highest BCUT2D eigenvalue weighted by Crippen LogP contribution is 2.38. The van der Waals surface area contributed by atoms with Gasteiger partial charge in [-0.1, -0.05) is 38.8 Å². The molecule has 1 aromatic carbocycles. The molecule has 0 atom stereocenters. The molecule has 1 saturated carbocycles. The van der Waals surface area contributed by atoms with Crippen LogP contribution in [-0.2, 0) is 6.54 Å². The van der Waals surface area contributed by atoms with Crippen molar-refractivity contribution < 1.29 is 4.39 Å². The molecule has 0 aliphatic heterocycles. The molecular formula is C18H29FN2. The second-order valence-corrected chi connectivity index (χ2v) is 7.04. The third kappa shape index (κ3) is 5.08. The monoisotopic (exact) mass is 292 g/mol. The number of nitrogens with one attached hydrogen (secondary N) is 1. The number of benzene rings is 1. The summed E-state index contributed by atoms with van der Waals surface area (Å²) in [4.78, 5) is 2.35. The number of hydrogen-bond acceptors (Lipinski definition) is 2. The Morgan fingerprint density at radius 2 is 2.00 bits per heavy atom. The van der Waals surface area contributed by atoms with Crippen molar-refractivity contribution in [1.82, 2.24) is 10.2 Å². The topological polar surface area (TPSA) is 15.3 Å². The van der Waals surface area contributed by atoms with E-state index < -0.39 is 0 Å². The van der Waals surface area contributed by atoms with Crippen LogP contribution in [0.5, 0.6) is 0 Å². The molecule has 0 radical (unpaired) electrons. The van der Waals surface area contributed by atoms with Crippen LogP contribution in [0.15, 0.2) is 24.3 Å². The van der Waals surface area contributed by atoms with E-state index in [0.717, 1.165) is 25.2 Å². The van der Waals surface area contributed by atoms with E-state index in [1.54, 1.807) is 12.1 Å². The lowest BCUT2D eigenvalue weighted by Gasteiger charge is -2.34. The maximum absolute atomic E-state index is 13.3. The smallest absolute Gasteiger partial charge is 0.123 e. The van der Waals surface area contributed by atoms with E-state index in [0.29, 0.717) is 11.5 Å². The molecule has 3 heteroatoms. The molecule has 0 heterocycles. The molecule has 0 amide bonds. The standard InChI is InChI=1S/C18H29FN2/c1-15(2)20-13-18(9-4-5-10-18)14-21(3)12-16-7-6-8-17(19)11-16/h6-8,11,15,20H,4-5,9-10,12-14H2,1-3H3. The molecular weight excluding hydrogens is 263 g/mol. The van der Waals surface area contributed by atoms with Gasteiger partial charge in [0, 0.05) is 25.7 Å². The molecule has 1 aromatic rings. The maximum Gasteiger partial charge on any atom is 0.123 e. The Hall–Kier alpha value is -0.930. The fourth-order valence-corrected chi connectivity index (χ4v) is 3.51. The Bertz CT molecular complexity index is 439. The average molecular weight is 292 g/mol. The summed E-state index contributed by atoms with van der Waals surface area (Å²) < 4.78 is 13.3. The molecule has 0 spiro atoms. The van der Waals surface area contributed by atoms with Crippen LogP contribution in [0.1, 0.15) is 45.1 Å². The zero-order chi connectivity index (χ0) is 15.3. The first kappa shape index (κ1) is 16.4. The lowest BCUT2D eigenvalue weighted by Crippen LogP contribution is -2.43. The predicted molar refractivity (Wildman–Crippen MR) is 86.8 cm³/mol. The summed E-state index contributed by atoms with van der Waals surface area (Å²) in [5.41, 5.74) is 1.45. The predicted octanol–water partition coefficient (Wildman–Crippen LogP) is 3.82. The summed E-state index contributed by atoms with van der Waals surface area (Å²) >= 11 is 0. The van der Waals surface area contributed by atoms with Crippen LogP contribution < -0.4 is 5.32 Å². The van der Waals surface area contributed by atoms with Crippen LogP contribution in [0.25, 0.3) is 0 Å². The number of nitrogens with zero attached hydrogens (tertiary/aromatic N) is 1. The van der Waals surface area contributed by atoms with Crippen LogP contribution in [0, 0.1) is 11.2 Å². The van der Waals surface area contributed by atoms with Gasteiger partial charge in [0.25, 0.3) is 0 Å². The second kappa shape index (κ2) is 7.37. The zero-order valence-electron chi connectivity index (χ0n) is 13.7. The number of hydrogen-bond donors (Lipinski definition) is 1. The van der Waals surface area contributed by atoms with E-state index in [-0.39, 0.29) is 5.82 Å². The number of rotatable bonds is 7. The normalized spacial score (nSPS) is 17.8. The van der Waals surface area contributed by atoms with E-state index in [9.17, 15) is 4.39 Å². The van der Waals surface area contributed by atoms with E-state index in [1.165, 1.54) is 31.7 Å². The summed E-state index contributed by atoms with van der Waals surface area (Å²) in [5, 5.41) is 3.62. The quantitative estimate of drug-likeness (QED) is 0.822. The third-order valence-corrected chi connectivity index (χ3v) is 4.50. The highest BCUT2D eigenvalue weighted by molar-refractivity contribution is 5.16. The van der Waals surface area contributed by atoms with Gasteiger partial charge in [-0.05, 0) is 43.0 Å². The molecule has 0 aromatic heterocycles. The first-order valence-corrected chi connectivity index (χ1v) is 8.15. The fraction of sp³-hybridized carbons (Fsp3) is 0.667. The van der Waals surface area contributed by atoms with E-state index >= 15 is 0 Å². The Balaban J connectivity index is 1.93. The van der Waals surface area contributed by atoms with Gasteiger partial charge in [0.2, 0.25) is 0 Å².